The van der Waals surface area contributed by atoms with Crippen LogP contribution in [-0.2, 0) is 4.79 Å². The molecule has 0 unspecified atom stereocenters. The lowest BCUT2D eigenvalue weighted by molar-refractivity contribution is -0.126. The van der Waals surface area contributed by atoms with E-state index in [0.29, 0.717) is 27.2 Å². The summed E-state index contributed by atoms with van der Waals surface area (Å²) in [6.45, 7) is 4.38. The SMILES string of the molecule is CCNC(=O)Sc1cc(Cl)c(Cl)cc1NC(=O)C1(C)CCCCC1. The molecule has 1 aromatic carbocycles. The Morgan fingerprint density at radius 1 is 1.17 bits per heavy atom. The van der Waals surface area contributed by atoms with Gasteiger partial charge < -0.3 is 10.6 Å². The zero-order valence-electron chi connectivity index (χ0n) is 13.9. The van der Waals surface area contributed by atoms with Gasteiger partial charge in [-0.2, -0.15) is 0 Å². The molecule has 4 nitrogen and oxygen atoms in total. The van der Waals surface area contributed by atoms with Crippen LogP contribution in [0.1, 0.15) is 46.0 Å². The Hall–Kier alpha value is -0.910. The molecule has 1 saturated carbocycles. The van der Waals surface area contributed by atoms with Crippen LogP contribution in [0.3, 0.4) is 0 Å². The predicted molar refractivity (Wildman–Crippen MR) is 101 cm³/mol. The Balaban J connectivity index is 2.22. The predicted octanol–water partition coefficient (Wildman–Crippen LogP) is 5.72. The smallest absolute Gasteiger partial charge is 0.283 e. The van der Waals surface area contributed by atoms with Crippen molar-refractivity contribution in [3.05, 3.63) is 22.2 Å². The highest BCUT2D eigenvalue weighted by molar-refractivity contribution is 8.13. The Morgan fingerprint density at radius 2 is 1.79 bits per heavy atom. The van der Waals surface area contributed by atoms with Crippen molar-refractivity contribution in [2.24, 2.45) is 5.41 Å². The molecule has 7 heteroatoms. The van der Waals surface area contributed by atoms with Crippen LogP contribution in [0.5, 0.6) is 0 Å². The molecule has 0 bridgehead atoms. The second-order valence-corrected chi connectivity index (χ2v) is 8.09. The topological polar surface area (TPSA) is 58.2 Å². The fourth-order valence-corrected chi connectivity index (χ4v) is 4.03. The summed E-state index contributed by atoms with van der Waals surface area (Å²) >= 11 is 13.2. The lowest BCUT2D eigenvalue weighted by Crippen LogP contribution is -2.35. The van der Waals surface area contributed by atoms with Crippen LogP contribution < -0.4 is 10.6 Å². The number of nitrogens with one attached hydrogen (secondary N) is 2. The van der Waals surface area contributed by atoms with Crippen LogP contribution in [0.15, 0.2) is 17.0 Å². The summed E-state index contributed by atoms with van der Waals surface area (Å²) in [7, 11) is 0. The fourth-order valence-electron chi connectivity index (χ4n) is 2.82. The van der Waals surface area contributed by atoms with Gasteiger partial charge in [-0.15, -0.1) is 0 Å². The molecule has 0 spiro atoms. The van der Waals surface area contributed by atoms with Crippen molar-refractivity contribution in [3.63, 3.8) is 0 Å². The molecule has 0 heterocycles. The van der Waals surface area contributed by atoms with Crippen molar-refractivity contribution in [2.75, 3.05) is 11.9 Å². The summed E-state index contributed by atoms with van der Waals surface area (Å²) in [5, 5.41) is 6.17. The minimum absolute atomic E-state index is 0.0293. The number of benzene rings is 1. The molecule has 1 aliphatic rings. The van der Waals surface area contributed by atoms with E-state index in [-0.39, 0.29) is 16.6 Å². The zero-order chi connectivity index (χ0) is 17.7. The lowest BCUT2D eigenvalue weighted by Gasteiger charge is -2.32. The average Bonchev–Trinajstić information content (AvgIpc) is 2.53. The van der Waals surface area contributed by atoms with Crippen LogP contribution in [0, 0.1) is 5.41 Å². The molecule has 2 N–H and O–H groups in total. The second-order valence-electron chi connectivity index (χ2n) is 6.26. The van der Waals surface area contributed by atoms with E-state index in [1.54, 1.807) is 12.1 Å². The van der Waals surface area contributed by atoms with Crippen molar-refractivity contribution in [3.8, 4) is 0 Å². The molecule has 24 heavy (non-hydrogen) atoms. The minimum atomic E-state index is -0.377. The van der Waals surface area contributed by atoms with Crippen LogP contribution >= 0.6 is 35.0 Å². The quantitative estimate of drug-likeness (QED) is 0.647. The zero-order valence-corrected chi connectivity index (χ0v) is 16.2. The molecule has 1 fully saturated rings. The number of amides is 2. The number of anilines is 1. The molecule has 1 aliphatic carbocycles. The van der Waals surface area contributed by atoms with E-state index in [1.165, 1.54) is 6.42 Å². The molecular formula is C17H22Cl2N2O2S. The molecule has 132 valence electrons. The molecule has 0 aromatic heterocycles. The maximum atomic E-state index is 12.8. The van der Waals surface area contributed by atoms with Gasteiger partial charge in [0.1, 0.15) is 0 Å². The molecule has 0 aliphatic heterocycles. The highest BCUT2D eigenvalue weighted by atomic mass is 35.5. The highest BCUT2D eigenvalue weighted by Crippen LogP contribution is 2.39. The molecule has 2 amide bonds. The number of thioether (sulfide) groups is 1. The van der Waals surface area contributed by atoms with Crippen molar-refractivity contribution >= 4 is 51.8 Å². The van der Waals surface area contributed by atoms with Gasteiger partial charge in [-0.1, -0.05) is 49.4 Å². The third-order valence-electron chi connectivity index (χ3n) is 4.30. The van der Waals surface area contributed by atoms with Gasteiger partial charge in [0.25, 0.3) is 5.24 Å². The Labute approximate surface area is 157 Å². The number of carbonyl (C=O) groups excluding carboxylic acids is 2. The second kappa shape index (κ2) is 8.45. The number of hydrogen-bond donors (Lipinski definition) is 2. The molecule has 0 saturated heterocycles. The maximum absolute atomic E-state index is 12.8. The first-order valence-corrected chi connectivity index (χ1v) is 9.69. The van der Waals surface area contributed by atoms with Gasteiger partial charge in [-0.25, -0.2) is 0 Å². The first kappa shape index (κ1) is 19.4. The third kappa shape index (κ3) is 4.80. The van der Waals surface area contributed by atoms with E-state index in [2.05, 4.69) is 10.6 Å². The molecule has 1 aromatic rings. The Morgan fingerprint density at radius 3 is 2.42 bits per heavy atom. The van der Waals surface area contributed by atoms with Crippen molar-refractivity contribution in [2.45, 2.75) is 50.8 Å². The van der Waals surface area contributed by atoms with E-state index >= 15 is 0 Å². The first-order valence-electron chi connectivity index (χ1n) is 8.12. The van der Waals surface area contributed by atoms with Gasteiger partial charge in [-0.05, 0) is 43.7 Å². The highest BCUT2D eigenvalue weighted by Gasteiger charge is 2.35. The van der Waals surface area contributed by atoms with Crippen LogP contribution in [0.4, 0.5) is 10.5 Å². The van der Waals surface area contributed by atoms with Crippen LogP contribution in [0.2, 0.25) is 10.0 Å². The van der Waals surface area contributed by atoms with Gasteiger partial charge in [0.15, 0.2) is 0 Å². The summed E-state index contributed by atoms with van der Waals surface area (Å²) in [6.07, 6.45) is 5.05. The van der Waals surface area contributed by atoms with Gasteiger partial charge in [-0.3, -0.25) is 9.59 Å². The van der Waals surface area contributed by atoms with E-state index in [4.69, 9.17) is 23.2 Å². The summed E-state index contributed by atoms with van der Waals surface area (Å²) in [4.78, 5) is 25.2. The minimum Gasteiger partial charge on any atom is -0.347 e. The van der Waals surface area contributed by atoms with Crippen molar-refractivity contribution in [1.29, 1.82) is 0 Å². The summed E-state index contributed by atoms with van der Waals surface area (Å²) in [6, 6.07) is 3.22. The van der Waals surface area contributed by atoms with Crippen LogP contribution in [-0.4, -0.2) is 17.7 Å². The van der Waals surface area contributed by atoms with Gasteiger partial charge in [0.05, 0.1) is 15.7 Å². The van der Waals surface area contributed by atoms with Gasteiger partial charge in [0, 0.05) is 16.9 Å². The van der Waals surface area contributed by atoms with E-state index in [1.807, 2.05) is 13.8 Å². The maximum Gasteiger partial charge on any atom is 0.283 e. The number of halogens is 2. The average molecular weight is 389 g/mol. The largest absolute Gasteiger partial charge is 0.347 e. The standard InChI is InChI=1S/C17H22Cl2N2O2S/c1-3-20-16(23)24-14-10-12(19)11(18)9-13(14)21-15(22)17(2)7-5-4-6-8-17/h9-10H,3-8H2,1-2H3,(H,20,23)(H,21,22). The Bertz CT molecular complexity index is 631. The fraction of sp³-hybridized carbons (Fsp3) is 0.529. The summed E-state index contributed by atoms with van der Waals surface area (Å²) in [5.74, 6) is -0.0293. The van der Waals surface area contributed by atoms with Gasteiger partial charge >= 0.3 is 0 Å². The lowest BCUT2D eigenvalue weighted by atomic mass is 9.75. The molecule has 2 rings (SSSR count). The third-order valence-corrected chi connectivity index (χ3v) is 5.91. The molecule has 0 atom stereocenters. The van der Waals surface area contributed by atoms with Gasteiger partial charge in [0.2, 0.25) is 5.91 Å². The number of rotatable bonds is 4. The Kier molecular flexibility index (Phi) is 6.84. The summed E-state index contributed by atoms with van der Waals surface area (Å²) < 4.78 is 0. The monoisotopic (exact) mass is 388 g/mol. The van der Waals surface area contributed by atoms with E-state index < -0.39 is 0 Å². The van der Waals surface area contributed by atoms with Crippen molar-refractivity contribution in [1.82, 2.24) is 5.32 Å². The molecular weight excluding hydrogens is 367 g/mol. The number of hydrogen-bond acceptors (Lipinski definition) is 3. The van der Waals surface area contributed by atoms with Crippen molar-refractivity contribution < 1.29 is 9.59 Å². The normalized spacial score (nSPS) is 16.5. The first-order chi connectivity index (χ1) is 11.4. The summed E-state index contributed by atoms with van der Waals surface area (Å²) in [5.41, 5.74) is 0.148. The molecule has 0 radical (unpaired) electrons. The van der Waals surface area contributed by atoms with E-state index in [0.717, 1.165) is 37.4 Å². The number of carbonyl (C=O) groups is 2. The van der Waals surface area contributed by atoms with E-state index in [9.17, 15) is 9.59 Å². The van der Waals surface area contributed by atoms with Crippen LogP contribution in [0.25, 0.3) is 0 Å².